The molecule has 2 aromatic heterocycles. The van der Waals surface area contributed by atoms with E-state index >= 15 is 0 Å². The van der Waals surface area contributed by atoms with Crippen LogP contribution in [-0.2, 0) is 15.8 Å². The molecule has 0 atom stereocenters. The first kappa shape index (κ1) is 22.0. The zero-order valence-corrected chi connectivity index (χ0v) is 18.0. The van der Waals surface area contributed by atoms with Crippen molar-refractivity contribution < 1.29 is 12.9 Å². The van der Waals surface area contributed by atoms with Gasteiger partial charge in [-0.2, -0.15) is 4.31 Å². The number of rotatable bonds is 9. The molecule has 0 amide bonds. The Hall–Kier alpha value is -2.66. The average Bonchev–Trinajstić information content (AvgIpc) is 3.26. The number of nitrogens with one attached hydrogen (secondary N) is 2. The highest BCUT2D eigenvalue weighted by molar-refractivity contribution is 7.88. The maximum atomic E-state index is 12.5. The molecule has 1 fully saturated rings. The van der Waals surface area contributed by atoms with E-state index in [0.29, 0.717) is 31.9 Å². The minimum absolute atomic E-state index is 0.136. The first-order chi connectivity index (χ1) is 14.6. The second kappa shape index (κ2) is 10.9. The van der Waals surface area contributed by atoms with Gasteiger partial charge in [0.25, 0.3) is 0 Å². The van der Waals surface area contributed by atoms with Gasteiger partial charge in [-0.3, -0.25) is 4.99 Å². The van der Waals surface area contributed by atoms with Crippen molar-refractivity contribution in [2.75, 3.05) is 51.6 Å². The van der Waals surface area contributed by atoms with E-state index in [1.807, 2.05) is 18.2 Å². The lowest BCUT2D eigenvalue weighted by Gasteiger charge is -2.35. The summed E-state index contributed by atoms with van der Waals surface area (Å²) in [6.45, 7) is 3.71. The van der Waals surface area contributed by atoms with Gasteiger partial charge in [-0.15, -0.1) is 0 Å². The highest BCUT2D eigenvalue weighted by atomic mass is 32.2. The number of piperazine rings is 1. The number of guanidine groups is 1. The number of anilines is 1. The quantitative estimate of drug-likeness (QED) is 0.340. The van der Waals surface area contributed by atoms with Crippen molar-refractivity contribution in [3.05, 3.63) is 42.4 Å². The fourth-order valence-corrected chi connectivity index (χ4v) is 4.66. The lowest BCUT2D eigenvalue weighted by atomic mass is 10.3. The van der Waals surface area contributed by atoms with Crippen LogP contribution >= 0.6 is 0 Å². The third-order valence-corrected chi connectivity index (χ3v) is 6.64. The second-order valence-corrected chi connectivity index (χ2v) is 8.92. The van der Waals surface area contributed by atoms with Gasteiger partial charge in [-0.05, 0) is 25.0 Å². The topological polar surface area (TPSA) is 116 Å². The SMILES string of the molecule is CN=C(NCCCCNc1ccccn1)N1CCN(S(=O)(=O)Cc2ccon2)CC1. The highest BCUT2D eigenvalue weighted by Crippen LogP contribution is 2.13. The van der Waals surface area contributed by atoms with E-state index in [2.05, 4.69) is 30.7 Å². The lowest BCUT2D eigenvalue weighted by molar-refractivity contribution is 0.260. The van der Waals surface area contributed by atoms with Gasteiger partial charge in [-0.1, -0.05) is 11.2 Å². The molecule has 2 N–H and O–H groups in total. The highest BCUT2D eigenvalue weighted by Gasteiger charge is 2.28. The van der Waals surface area contributed by atoms with Gasteiger partial charge in [0, 0.05) is 58.6 Å². The minimum Gasteiger partial charge on any atom is -0.370 e. The van der Waals surface area contributed by atoms with Crippen molar-refractivity contribution >= 4 is 21.8 Å². The number of aliphatic imine (C=N–C) groups is 1. The molecule has 0 radical (unpaired) electrons. The van der Waals surface area contributed by atoms with Crippen LogP contribution in [0.15, 0.2) is 46.2 Å². The Kier molecular flexibility index (Phi) is 8.03. The molecule has 1 aliphatic heterocycles. The largest absolute Gasteiger partial charge is 0.370 e. The molecule has 0 aliphatic carbocycles. The van der Waals surface area contributed by atoms with Crippen molar-refractivity contribution in [1.29, 1.82) is 0 Å². The van der Waals surface area contributed by atoms with Gasteiger partial charge in [0.1, 0.15) is 17.8 Å². The molecule has 30 heavy (non-hydrogen) atoms. The fourth-order valence-electron chi connectivity index (χ4n) is 3.23. The summed E-state index contributed by atoms with van der Waals surface area (Å²) >= 11 is 0. The number of sulfonamides is 1. The van der Waals surface area contributed by atoms with E-state index in [1.54, 1.807) is 19.3 Å². The van der Waals surface area contributed by atoms with Gasteiger partial charge in [-0.25, -0.2) is 13.4 Å². The minimum atomic E-state index is -3.40. The zero-order chi connectivity index (χ0) is 21.2. The van der Waals surface area contributed by atoms with Crippen molar-refractivity contribution in [2.45, 2.75) is 18.6 Å². The number of unbranched alkanes of at least 4 members (excludes halogenated alkanes) is 1. The summed E-state index contributed by atoms with van der Waals surface area (Å²) in [5, 5.41) is 10.4. The molecule has 0 unspecified atom stereocenters. The summed E-state index contributed by atoms with van der Waals surface area (Å²) < 4.78 is 31.3. The zero-order valence-electron chi connectivity index (χ0n) is 17.2. The van der Waals surface area contributed by atoms with E-state index in [4.69, 9.17) is 4.52 Å². The molecule has 1 saturated heterocycles. The maximum Gasteiger partial charge on any atom is 0.220 e. The van der Waals surface area contributed by atoms with Crippen LogP contribution in [0.2, 0.25) is 0 Å². The molecule has 0 bridgehead atoms. The Labute approximate surface area is 177 Å². The fraction of sp³-hybridized carbons (Fsp3) is 0.526. The summed E-state index contributed by atoms with van der Waals surface area (Å²) in [6, 6.07) is 7.38. The second-order valence-electron chi connectivity index (χ2n) is 6.96. The smallest absolute Gasteiger partial charge is 0.220 e. The number of pyridine rings is 1. The van der Waals surface area contributed by atoms with Crippen molar-refractivity contribution in [1.82, 2.24) is 24.7 Å². The van der Waals surface area contributed by atoms with Crippen LogP contribution in [-0.4, -0.2) is 80.0 Å². The third kappa shape index (κ3) is 6.42. The Bertz CT molecular complexity index is 880. The lowest BCUT2D eigenvalue weighted by Crippen LogP contribution is -2.54. The van der Waals surface area contributed by atoms with Gasteiger partial charge >= 0.3 is 0 Å². The van der Waals surface area contributed by atoms with E-state index in [9.17, 15) is 8.42 Å². The summed E-state index contributed by atoms with van der Waals surface area (Å²) in [7, 11) is -1.65. The first-order valence-electron chi connectivity index (χ1n) is 10.1. The van der Waals surface area contributed by atoms with Gasteiger partial charge in [0.15, 0.2) is 5.96 Å². The number of nitrogens with zero attached hydrogens (tertiary/aromatic N) is 5. The molecule has 0 saturated carbocycles. The Morgan fingerprint density at radius 1 is 1.17 bits per heavy atom. The van der Waals surface area contributed by atoms with Crippen LogP contribution < -0.4 is 10.6 Å². The molecule has 164 valence electrons. The summed E-state index contributed by atoms with van der Waals surface area (Å²) in [5.41, 5.74) is 0.424. The van der Waals surface area contributed by atoms with Crippen LogP contribution in [0.3, 0.4) is 0 Å². The Balaban J connectivity index is 1.35. The van der Waals surface area contributed by atoms with Crippen molar-refractivity contribution in [3.8, 4) is 0 Å². The van der Waals surface area contributed by atoms with Gasteiger partial charge < -0.3 is 20.1 Å². The van der Waals surface area contributed by atoms with Crippen LogP contribution in [0, 0.1) is 0 Å². The van der Waals surface area contributed by atoms with E-state index in [-0.39, 0.29) is 5.75 Å². The molecule has 10 nitrogen and oxygen atoms in total. The van der Waals surface area contributed by atoms with Crippen molar-refractivity contribution in [3.63, 3.8) is 0 Å². The molecular weight excluding hydrogens is 406 g/mol. The third-order valence-electron chi connectivity index (χ3n) is 4.82. The predicted octanol–water partition coefficient (Wildman–Crippen LogP) is 0.985. The molecule has 0 spiro atoms. The summed E-state index contributed by atoms with van der Waals surface area (Å²) in [4.78, 5) is 10.7. The standard InChI is InChI=1S/C19H29N7O3S/c1-20-19(23-10-5-4-9-22-18-6-2-3-8-21-18)25-11-13-26(14-12-25)30(27,28)16-17-7-15-29-24-17/h2-3,6-8,15H,4-5,9-14,16H2,1H3,(H,20,23)(H,21,22). The van der Waals surface area contributed by atoms with Crippen LogP contribution in [0.4, 0.5) is 5.82 Å². The maximum absolute atomic E-state index is 12.5. The van der Waals surface area contributed by atoms with Crippen LogP contribution in [0.1, 0.15) is 18.5 Å². The van der Waals surface area contributed by atoms with Gasteiger partial charge in [0.05, 0.1) is 5.69 Å². The van der Waals surface area contributed by atoms with Crippen LogP contribution in [0.25, 0.3) is 0 Å². The van der Waals surface area contributed by atoms with Crippen molar-refractivity contribution in [2.24, 2.45) is 4.99 Å². The molecule has 11 heteroatoms. The van der Waals surface area contributed by atoms with E-state index < -0.39 is 10.0 Å². The normalized spacial score (nSPS) is 15.9. The number of hydrogen-bond donors (Lipinski definition) is 2. The summed E-state index contributed by atoms with van der Waals surface area (Å²) in [6.07, 6.45) is 5.15. The molecule has 3 rings (SSSR count). The molecule has 1 aliphatic rings. The predicted molar refractivity (Wildman–Crippen MR) is 116 cm³/mol. The van der Waals surface area contributed by atoms with E-state index in [0.717, 1.165) is 37.7 Å². The van der Waals surface area contributed by atoms with Gasteiger partial charge in [0.2, 0.25) is 10.0 Å². The molecule has 2 aromatic rings. The monoisotopic (exact) mass is 435 g/mol. The Morgan fingerprint density at radius 3 is 2.63 bits per heavy atom. The number of hydrogen-bond acceptors (Lipinski definition) is 7. The first-order valence-corrected chi connectivity index (χ1v) is 11.7. The molecule has 3 heterocycles. The summed E-state index contributed by atoms with van der Waals surface area (Å²) in [5.74, 6) is 1.56. The molecular formula is C19H29N7O3S. The number of aromatic nitrogens is 2. The Morgan fingerprint density at radius 2 is 1.97 bits per heavy atom. The molecule has 0 aromatic carbocycles. The average molecular weight is 436 g/mol. The van der Waals surface area contributed by atoms with Crippen LogP contribution in [0.5, 0.6) is 0 Å². The van der Waals surface area contributed by atoms with E-state index in [1.165, 1.54) is 10.6 Å².